The fourth-order valence-electron chi connectivity index (χ4n) is 2.06. The molecular weight excluding hydrogens is 228 g/mol. The quantitative estimate of drug-likeness (QED) is 0.712. The van der Waals surface area contributed by atoms with Gasteiger partial charge in [-0.05, 0) is 54.7 Å². The van der Waals surface area contributed by atoms with E-state index in [1.165, 1.54) is 6.07 Å². The molecule has 0 fully saturated rings. The molecule has 0 bridgehead atoms. The average Bonchev–Trinajstić information content (AvgIpc) is 2.31. The molecule has 0 saturated heterocycles. The maximum atomic E-state index is 9.70. The number of phenolic OH excluding ortho intramolecular Hbond substituents is 3. The van der Waals surface area contributed by atoms with Crippen LogP contribution in [0.15, 0.2) is 30.3 Å². The van der Waals surface area contributed by atoms with Crippen molar-refractivity contribution in [3.8, 4) is 17.2 Å². The Labute approximate surface area is 106 Å². The standard InChI is InChI=1S/C15H16O3/c1-9-5-12(6-10(2)15(9)18)7-11-3-4-13(16)14(17)8-11/h3-6,8,16-18H,7H2,1-2H3. The summed E-state index contributed by atoms with van der Waals surface area (Å²) in [4.78, 5) is 0. The lowest BCUT2D eigenvalue weighted by Crippen LogP contribution is -1.91. The molecule has 2 aromatic carbocycles. The van der Waals surface area contributed by atoms with Crippen LogP contribution in [0, 0.1) is 13.8 Å². The summed E-state index contributed by atoms with van der Waals surface area (Å²) in [5, 5.41) is 28.4. The molecule has 94 valence electrons. The largest absolute Gasteiger partial charge is 0.507 e. The van der Waals surface area contributed by atoms with Crippen LogP contribution in [0.2, 0.25) is 0 Å². The smallest absolute Gasteiger partial charge is 0.157 e. The molecule has 18 heavy (non-hydrogen) atoms. The van der Waals surface area contributed by atoms with Crippen molar-refractivity contribution in [1.29, 1.82) is 0 Å². The molecule has 2 rings (SSSR count). The molecule has 0 aromatic heterocycles. The minimum absolute atomic E-state index is 0.111. The minimum Gasteiger partial charge on any atom is -0.507 e. The summed E-state index contributed by atoms with van der Waals surface area (Å²) in [5.41, 5.74) is 3.66. The number of benzene rings is 2. The first kappa shape index (κ1) is 12.3. The van der Waals surface area contributed by atoms with Gasteiger partial charge < -0.3 is 15.3 Å². The van der Waals surface area contributed by atoms with Gasteiger partial charge in [0, 0.05) is 0 Å². The average molecular weight is 244 g/mol. The van der Waals surface area contributed by atoms with E-state index in [2.05, 4.69) is 0 Å². The highest BCUT2D eigenvalue weighted by atomic mass is 16.3. The summed E-state index contributed by atoms with van der Waals surface area (Å²) < 4.78 is 0. The van der Waals surface area contributed by atoms with Crippen LogP contribution in [0.3, 0.4) is 0 Å². The fourth-order valence-corrected chi connectivity index (χ4v) is 2.06. The highest BCUT2D eigenvalue weighted by Crippen LogP contribution is 2.28. The van der Waals surface area contributed by atoms with E-state index in [4.69, 9.17) is 0 Å². The third kappa shape index (κ3) is 2.40. The third-order valence-corrected chi connectivity index (χ3v) is 3.00. The first-order valence-electron chi connectivity index (χ1n) is 5.77. The number of aromatic hydroxyl groups is 3. The van der Waals surface area contributed by atoms with E-state index in [1.54, 1.807) is 12.1 Å². The number of hydrogen-bond acceptors (Lipinski definition) is 3. The molecule has 0 radical (unpaired) electrons. The highest BCUT2D eigenvalue weighted by molar-refractivity contribution is 5.45. The van der Waals surface area contributed by atoms with Gasteiger partial charge in [0.1, 0.15) is 5.75 Å². The fraction of sp³-hybridized carbons (Fsp3) is 0.200. The maximum Gasteiger partial charge on any atom is 0.157 e. The zero-order chi connectivity index (χ0) is 13.3. The van der Waals surface area contributed by atoms with Crippen LogP contribution >= 0.6 is 0 Å². The van der Waals surface area contributed by atoms with Crippen LogP contribution in [0.5, 0.6) is 17.2 Å². The summed E-state index contributed by atoms with van der Waals surface area (Å²) in [7, 11) is 0. The summed E-state index contributed by atoms with van der Waals surface area (Å²) in [5.74, 6) is 0.101. The Kier molecular flexibility index (Phi) is 3.15. The molecule has 0 aliphatic carbocycles. The van der Waals surface area contributed by atoms with Crippen molar-refractivity contribution >= 4 is 0 Å². The SMILES string of the molecule is Cc1cc(Cc2ccc(O)c(O)c2)cc(C)c1O. The summed E-state index contributed by atoms with van der Waals surface area (Å²) >= 11 is 0. The lowest BCUT2D eigenvalue weighted by atomic mass is 9.99. The van der Waals surface area contributed by atoms with Gasteiger partial charge in [-0.25, -0.2) is 0 Å². The minimum atomic E-state index is -0.114. The molecule has 0 saturated carbocycles. The van der Waals surface area contributed by atoms with Gasteiger partial charge >= 0.3 is 0 Å². The predicted octanol–water partition coefficient (Wildman–Crippen LogP) is 3.01. The number of hydrogen-bond donors (Lipinski definition) is 3. The van der Waals surface area contributed by atoms with E-state index < -0.39 is 0 Å². The molecule has 2 aromatic rings. The van der Waals surface area contributed by atoms with Crippen molar-refractivity contribution < 1.29 is 15.3 Å². The third-order valence-electron chi connectivity index (χ3n) is 3.00. The molecule has 0 atom stereocenters. The van der Waals surface area contributed by atoms with Gasteiger partial charge in [0.2, 0.25) is 0 Å². The molecule has 0 unspecified atom stereocenters. The first-order valence-corrected chi connectivity index (χ1v) is 5.77. The summed E-state index contributed by atoms with van der Waals surface area (Å²) in [6.07, 6.45) is 0.649. The van der Waals surface area contributed by atoms with Crippen molar-refractivity contribution in [3.63, 3.8) is 0 Å². The molecule has 3 N–H and O–H groups in total. The Hall–Kier alpha value is -2.16. The second-order valence-corrected chi connectivity index (χ2v) is 4.58. The Morgan fingerprint density at radius 2 is 1.39 bits per heavy atom. The van der Waals surface area contributed by atoms with Crippen molar-refractivity contribution in [2.75, 3.05) is 0 Å². The topological polar surface area (TPSA) is 60.7 Å². The molecule has 0 aliphatic rings. The van der Waals surface area contributed by atoms with Crippen LogP contribution in [-0.2, 0) is 6.42 Å². The van der Waals surface area contributed by atoms with Gasteiger partial charge in [-0.2, -0.15) is 0 Å². The van der Waals surface area contributed by atoms with Crippen molar-refractivity contribution in [2.45, 2.75) is 20.3 Å². The van der Waals surface area contributed by atoms with E-state index in [-0.39, 0.29) is 11.5 Å². The van der Waals surface area contributed by atoms with E-state index in [0.29, 0.717) is 12.2 Å². The van der Waals surface area contributed by atoms with Gasteiger partial charge in [0.25, 0.3) is 0 Å². The van der Waals surface area contributed by atoms with Crippen LogP contribution < -0.4 is 0 Å². The maximum absolute atomic E-state index is 9.70. The Balaban J connectivity index is 2.31. The highest BCUT2D eigenvalue weighted by Gasteiger charge is 2.06. The number of phenols is 3. The van der Waals surface area contributed by atoms with E-state index in [1.807, 2.05) is 26.0 Å². The van der Waals surface area contributed by atoms with Gasteiger partial charge in [-0.3, -0.25) is 0 Å². The summed E-state index contributed by atoms with van der Waals surface area (Å²) in [6, 6.07) is 8.64. The Morgan fingerprint density at radius 1 is 0.778 bits per heavy atom. The molecule has 3 heteroatoms. The second kappa shape index (κ2) is 4.61. The molecule has 0 heterocycles. The molecule has 3 nitrogen and oxygen atoms in total. The van der Waals surface area contributed by atoms with Crippen molar-refractivity contribution in [2.24, 2.45) is 0 Å². The van der Waals surface area contributed by atoms with Crippen molar-refractivity contribution in [1.82, 2.24) is 0 Å². The molecule has 0 aliphatic heterocycles. The van der Waals surface area contributed by atoms with Crippen LogP contribution in [-0.4, -0.2) is 15.3 Å². The van der Waals surface area contributed by atoms with Gasteiger partial charge in [0.05, 0.1) is 0 Å². The molecule has 0 spiro atoms. The lowest BCUT2D eigenvalue weighted by molar-refractivity contribution is 0.403. The second-order valence-electron chi connectivity index (χ2n) is 4.58. The Morgan fingerprint density at radius 3 is 1.94 bits per heavy atom. The van der Waals surface area contributed by atoms with Crippen LogP contribution in [0.25, 0.3) is 0 Å². The number of aryl methyl sites for hydroxylation is 2. The first-order chi connectivity index (χ1) is 8.47. The normalized spacial score (nSPS) is 10.6. The summed E-state index contributed by atoms with van der Waals surface area (Å²) in [6.45, 7) is 3.72. The lowest BCUT2D eigenvalue weighted by Gasteiger charge is -2.08. The molecule has 0 amide bonds. The van der Waals surface area contributed by atoms with Gasteiger partial charge in [-0.1, -0.05) is 18.2 Å². The van der Waals surface area contributed by atoms with E-state index >= 15 is 0 Å². The zero-order valence-corrected chi connectivity index (χ0v) is 10.4. The van der Waals surface area contributed by atoms with E-state index in [0.717, 1.165) is 22.3 Å². The van der Waals surface area contributed by atoms with Gasteiger partial charge in [0.15, 0.2) is 11.5 Å². The Bertz CT molecular complexity index is 565. The van der Waals surface area contributed by atoms with Crippen molar-refractivity contribution in [3.05, 3.63) is 52.6 Å². The van der Waals surface area contributed by atoms with Crippen LogP contribution in [0.4, 0.5) is 0 Å². The molecular formula is C15H16O3. The monoisotopic (exact) mass is 244 g/mol. The predicted molar refractivity (Wildman–Crippen MR) is 70.2 cm³/mol. The van der Waals surface area contributed by atoms with Crippen LogP contribution in [0.1, 0.15) is 22.3 Å². The number of rotatable bonds is 2. The van der Waals surface area contributed by atoms with E-state index in [9.17, 15) is 15.3 Å². The van der Waals surface area contributed by atoms with Gasteiger partial charge in [-0.15, -0.1) is 0 Å². The zero-order valence-electron chi connectivity index (χ0n) is 10.4.